The molecule has 2 aromatic carbocycles. The Bertz CT molecular complexity index is 904. The lowest BCUT2D eigenvalue weighted by Gasteiger charge is -2.28. The molecule has 1 atom stereocenters. The van der Waals surface area contributed by atoms with Crippen molar-refractivity contribution in [2.45, 2.75) is 19.9 Å². The number of ketones is 1. The van der Waals surface area contributed by atoms with Gasteiger partial charge in [-0.2, -0.15) is 0 Å². The minimum absolute atomic E-state index is 0.0391. The van der Waals surface area contributed by atoms with Crippen LogP contribution in [0.5, 0.6) is 0 Å². The molecular weight excluding hydrogens is 330 g/mol. The van der Waals surface area contributed by atoms with Crippen LogP contribution in [-0.4, -0.2) is 15.7 Å². The van der Waals surface area contributed by atoms with Crippen LogP contribution in [0, 0.1) is 10.1 Å². The van der Waals surface area contributed by atoms with Crippen LogP contribution in [0.4, 0.5) is 5.69 Å². The largest absolute Gasteiger partial charge is 0.297 e. The van der Waals surface area contributed by atoms with E-state index >= 15 is 0 Å². The smallest absolute Gasteiger partial charge is 0.269 e. The molecule has 0 bridgehead atoms. The number of hydrogen-bond donors (Lipinski definition) is 1. The molecule has 1 heterocycles. The van der Waals surface area contributed by atoms with Crippen molar-refractivity contribution in [2.75, 3.05) is 0 Å². The highest BCUT2D eigenvalue weighted by Crippen LogP contribution is 2.34. The van der Waals surface area contributed by atoms with Crippen molar-refractivity contribution < 1.29 is 9.72 Å². The maximum absolute atomic E-state index is 11.5. The van der Waals surface area contributed by atoms with Crippen LogP contribution in [0.1, 0.15) is 31.0 Å². The number of nitrogens with one attached hydrogen (secondary N) is 1. The normalized spacial score (nSPS) is 16.8. The predicted octanol–water partition coefficient (Wildman–Crippen LogP) is 3.99. The zero-order valence-corrected chi connectivity index (χ0v) is 14.5. The SMILES string of the molecule is CC(=O)/C=C(\C)N1NC(c2ccccc2)=C[C@H]1c1cccc([N+](=O)[O-])c1. The first-order chi connectivity index (χ1) is 12.5. The number of hydrazine groups is 1. The number of benzene rings is 2. The number of nitrogens with zero attached hydrogens (tertiary/aromatic N) is 2. The number of hydrogen-bond acceptors (Lipinski definition) is 5. The summed E-state index contributed by atoms with van der Waals surface area (Å²) in [6.07, 6.45) is 3.55. The molecule has 0 fully saturated rings. The average Bonchev–Trinajstić information content (AvgIpc) is 3.07. The molecule has 6 nitrogen and oxygen atoms in total. The standard InChI is InChI=1S/C20H19N3O3/c1-14(11-15(2)24)22-20(17-9-6-10-18(12-17)23(25)26)13-19(21-22)16-7-4-3-5-8-16/h3-13,20-21H,1-2H3/b14-11+/t20-/m0/s1. The second-order valence-corrected chi connectivity index (χ2v) is 6.12. The molecule has 0 unspecified atom stereocenters. The van der Waals surface area contributed by atoms with Gasteiger partial charge in [0.15, 0.2) is 5.78 Å². The molecule has 1 aliphatic heterocycles. The van der Waals surface area contributed by atoms with E-state index in [4.69, 9.17) is 0 Å². The molecule has 26 heavy (non-hydrogen) atoms. The summed E-state index contributed by atoms with van der Waals surface area (Å²) in [4.78, 5) is 22.2. The van der Waals surface area contributed by atoms with Gasteiger partial charge >= 0.3 is 0 Å². The van der Waals surface area contributed by atoms with Gasteiger partial charge in [-0.05, 0) is 31.1 Å². The van der Waals surface area contributed by atoms with E-state index < -0.39 is 4.92 Å². The van der Waals surface area contributed by atoms with Crippen LogP contribution < -0.4 is 5.43 Å². The maximum Gasteiger partial charge on any atom is 0.269 e. The van der Waals surface area contributed by atoms with Crippen LogP contribution in [0.2, 0.25) is 0 Å². The van der Waals surface area contributed by atoms with Crippen molar-refractivity contribution in [2.24, 2.45) is 0 Å². The van der Waals surface area contributed by atoms with Crippen molar-refractivity contribution in [1.29, 1.82) is 0 Å². The fraction of sp³-hybridized carbons (Fsp3) is 0.150. The molecule has 0 aliphatic carbocycles. The summed E-state index contributed by atoms with van der Waals surface area (Å²) in [7, 11) is 0. The third-order valence-corrected chi connectivity index (χ3v) is 4.14. The molecule has 0 radical (unpaired) electrons. The maximum atomic E-state index is 11.5. The van der Waals surface area contributed by atoms with Gasteiger partial charge in [-0.15, -0.1) is 0 Å². The monoisotopic (exact) mass is 349 g/mol. The molecule has 2 aromatic rings. The van der Waals surface area contributed by atoms with Crippen LogP contribution in [0.25, 0.3) is 5.70 Å². The molecule has 1 aliphatic rings. The second-order valence-electron chi connectivity index (χ2n) is 6.12. The van der Waals surface area contributed by atoms with Crippen molar-refractivity contribution >= 4 is 17.2 Å². The molecule has 132 valence electrons. The number of non-ortho nitro benzene ring substituents is 1. The number of nitro benzene ring substituents is 1. The van der Waals surface area contributed by atoms with Crippen molar-refractivity contribution in [1.82, 2.24) is 10.4 Å². The number of carbonyl (C=O) groups excluding carboxylic acids is 1. The highest BCUT2D eigenvalue weighted by molar-refractivity contribution is 5.87. The number of carbonyl (C=O) groups is 1. The number of allylic oxidation sites excluding steroid dienone is 2. The second kappa shape index (κ2) is 7.23. The van der Waals surface area contributed by atoms with Gasteiger partial charge < -0.3 is 0 Å². The molecular formula is C20H19N3O3. The van der Waals surface area contributed by atoms with Gasteiger partial charge in [0.25, 0.3) is 5.69 Å². The zero-order valence-electron chi connectivity index (χ0n) is 14.5. The number of nitro groups is 1. The minimum atomic E-state index is -0.406. The van der Waals surface area contributed by atoms with E-state index in [0.717, 1.165) is 22.5 Å². The topological polar surface area (TPSA) is 75.5 Å². The van der Waals surface area contributed by atoms with Crippen LogP contribution >= 0.6 is 0 Å². The lowest BCUT2D eigenvalue weighted by atomic mass is 10.0. The van der Waals surface area contributed by atoms with Gasteiger partial charge in [0, 0.05) is 23.9 Å². The van der Waals surface area contributed by atoms with E-state index in [0.29, 0.717) is 0 Å². The number of rotatable bonds is 5. The predicted molar refractivity (Wildman–Crippen MR) is 99.7 cm³/mol. The molecule has 0 aromatic heterocycles. The first-order valence-electron chi connectivity index (χ1n) is 8.22. The van der Waals surface area contributed by atoms with Crippen molar-refractivity contribution in [3.05, 3.63) is 93.7 Å². The van der Waals surface area contributed by atoms with E-state index in [1.165, 1.54) is 13.0 Å². The van der Waals surface area contributed by atoms with Crippen molar-refractivity contribution in [3.8, 4) is 0 Å². The Morgan fingerprint density at radius 3 is 2.54 bits per heavy atom. The summed E-state index contributed by atoms with van der Waals surface area (Å²) in [5, 5.41) is 13.0. The Hall–Kier alpha value is -3.41. The summed E-state index contributed by atoms with van der Waals surface area (Å²) < 4.78 is 0. The highest BCUT2D eigenvalue weighted by atomic mass is 16.6. The molecule has 6 heteroatoms. The van der Waals surface area contributed by atoms with Gasteiger partial charge in [-0.1, -0.05) is 42.5 Å². The van der Waals surface area contributed by atoms with Gasteiger partial charge in [0.1, 0.15) is 0 Å². The Morgan fingerprint density at radius 1 is 1.15 bits per heavy atom. The Kier molecular flexibility index (Phi) is 4.84. The lowest BCUT2D eigenvalue weighted by Crippen LogP contribution is -2.32. The highest BCUT2D eigenvalue weighted by Gasteiger charge is 2.28. The summed E-state index contributed by atoms with van der Waals surface area (Å²) in [6, 6.07) is 16.1. The fourth-order valence-electron chi connectivity index (χ4n) is 2.99. The third kappa shape index (κ3) is 3.64. The van der Waals surface area contributed by atoms with Gasteiger partial charge in [-0.25, -0.2) is 0 Å². The van der Waals surface area contributed by atoms with E-state index in [9.17, 15) is 14.9 Å². The summed E-state index contributed by atoms with van der Waals surface area (Å²) in [5.41, 5.74) is 6.75. The van der Waals surface area contributed by atoms with Gasteiger partial charge in [0.05, 0.1) is 16.7 Å². The zero-order chi connectivity index (χ0) is 18.7. The first-order valence-corrected chi connectivity index (χ1v) is 8.22. The van der Waals surface area contributed by atoms with Crippen LogP contribution in [0.15, 0.2) is 72.4 Å². The molecule has 0 amide bonds. The average molecular weight is 349 g/mol. The molecule has 3 rings (SSSR count). The third-order valence-electron chi connectivity index (χ3n) is 4.14. The van der Waals surface area contributed by atoms with Crippen molar-refractivity contribution in [3.63, 3.8) is 0 Å². The molecule has 0 saturated heterocycles. The first kappa shape index (κ1) is 17.4. The molecule has 0 spiro atoms. The fourth-order valence-corrected chi connectivity index (χ4v) is 2.99. The molecule has 0 saturated carbocycles. The Morgan fingerprint density at radius 2 is 1.88 bits per heavy atom. The van der Waals surface area contributed by atoms with Crippen LogP contribution in [0.3, 0.4) is 0 Å². The summed E-state index contributed by atoms with van der Waals surface area (Å²) in [5.74, 6) is -0.0600. The quantitative estimate of drug-likeness (QED) is 0.502. The Labute approximate surface area is 151 Å². The van der Waals surface area contributed by atoms with E-state index in [1.807, 2.05) is 54.4 Å². The van der Waals surface area contributed by atoms with E-state index in [-0.39, 0.29) is 17.5 Å². The van der Waals surface area contributed by atoms with E-state index in [1.54, 1.807) is 18.2 Å². The summed E-state index contributed by atoms with van der Waals surface area (Å²) >= 11 is 0. The molecule has 1 N–H and O–H groups in total. The van der Waals surface area contributed by atoms with E-state index in [2.05, 4.69) is 5.43 Å². The van der Waals surface area contributed by atoms with Crippen LogP contribution in [-0.2, 0) is 4.79 Å². The summed E-state index contributed by atoms with van der Waals surface area (Å²) in [6.45, 7) is 3.33. The lowest BCUT2D eigenvalue weighted by molar-refractivity contribution is -0.384. The minimum Gasteiger partial charge on any atom is -0.297 e. The Balaban J connectivity index is 2.04. The van der Waals surface area contributed by atoms with Gasteiger partial charge in [0.2, 0.25) is 0 Å². The van der Waals surface area contributed by atoms with Gasteiger partial charge in [-0.3, -0.25) is 25.3 Å².